The molecule has 2 aliphatic rings. The van der Waals surface area contributed by atoms with Gasteiger partial charge in [0.15, 0.2) is 0 Å². The number of pyridine rings is 2. The summed E-state index contributed by atoms with van der Waals surface area (Å²) in [5.41, 5.74) is 1.31. The zero-order valence-electron chi connectivity index (χ0n) is 34.8. The molecule has 2 amide bonds. The van der Waals surface area contributed by atoms with Crippen LogP contribution in [0.2, 0.25) is 0 Å². The molecule has 2 saturated heterocycles. The van der Waals surface area contributed by atoms with Crippen molar-refractivity contribution in [1.29, 1.82) is 0 Å². The largest absolute Gasteiger partial charge is 0.477 e. The molecule has 0 spiro atoms. The predicted octanol–water partition coefficient (Wildman–Crippen LogP) is 5.89. The van der Waals surface area contributed by atoms with Gasteiger partial charge in [0.05, 0.1) is 37.7 Å². The van der Waals surface area contributed by atoms with Crippen molar-refractivity contribution in [2.24, 2.45) is 0 Å². The van der Waals surface area contributed by atoms with E-state index in [1.54, 1.807) is 20.8 Å². The van der Waals surface area contributed by atoms with Crippen LogP contribution in [0.1, 0.15) is 57.6 Å². The molecule has 4 heterocycles. The third-order valence-corrected chi connectivity index (χ3v) is 14.2. The maximum atomic E-state index is 14.0. The van der Waals surface area contributed by atoms with Gasteiger partial charge in [-0.15, -0.1) is 0 Å². The number of carbonyl (C=O) groups excluding carboxylic acids is 2. The van der Waals surface area contributed by atoms with Gasteiger partial charge in [-0.3, -0.25) is 4.79 Å². The van der Waals surface area contributed by atoms with E-state index in [1.165, 1.54) is 55.3 Å². The quantitative estimate of drug-likeness (QED) is 0.103. The van der Waals surface area contributed by atoms with Gasteiger partial charge in [0.1, 0.15) is 15.4 Å². The van der Waals surface area contributed by atoms with E-state index in [-0.39, 0.29) is 61.7 Å². The van der Waals surface area contributed by atoms with E-state index in [0.717, 1.165) is 17.2 Å². The molecule has 15 nitrogen and oxygen atoms in total. The van der Waals surface area contributed by atoms with Crippen LogP contribution in [0.4, 0.5) is 4.79 Å². The van der Waals surface area contributed by atoms with Crippen molar-refractivity contribution >= 4 is 32.0 Å². The summed E-state index contributed by atoms with van der Waals surface area (Å²) >= 11 is 0. The third-order valence-electron chi connectivity index (χ3n) is 10.4. The number of nitrogens with zero attached hydrogens (tertiary/aromatic N) is 6. The maximum Gasteiger partial charge on any atom is 0.429 e. The summed E-state index contributed by atoms with van der Waals surface area (Å²) < 4.78 is 74.9. The molecule has 0 N–H and O–H groups in total. The second-order valence-corrected chi connectivity index (χ2v) is 19.7. The van der Waals surface area contributed by atoms with Gasteiger partial charge in [-0.25, -0.2) is 41.6 Å². The van der Waals surface area contributed by atoms with Gasteiger partial charge in [-0.2, -0.15) is 8.61 Å². The predicted molar refractivity (Wildman–Crippen MR) is 228 cm³/mol. The maximum absolute atomic E-state index is 14.0. The fourth-order valence-electron chi connectivity index (χ4n) is 7.28. The summed E-state index contributed by atoms with van der Waals surface area (Å²) in [5.74, 6) is 0.0548. The number of hydrazine groups is 1. The Morgan fingerprint density at radius 1 is 0.672 bits per heavy atom. The number of piperidine rings is 2. The normalized spacial score (nSPS) is 16.0. The Labute approximate surface area is 359 Å². The lowest BCUT2D eigenvalue weighted by molar-refractivity contribution is -0.157. The minimum Gasteiger partial charge on any atom is -0.477 e. The molecular formula is C44H54N6O9S2. The number of hydrogen-bond donors (Lipinski definition) is 0. The second kappa shape index (κ2) is 20.0. The Morgan fingerprint density at radius 2 is 1.08 bits per heavy atom. The highest BCUT2D eigenvalue weighted by atomic mass is 32.2. The molecule has 0 saturated carbocycles. The monoisotopic (exact) mass is 874 g/mol. The van der Waals surface area contributed by atoms with Crippen molar-refractivity contribution in [3.05, 3.63) is 121 Å². The summed E-state index contributed by atoms with van der Waals surface area (Å²) in [5, 5.41) is 2.61. The average Bonchev–Trinajstić information content (AvgIpc) is 3.26. The van der Waals surface area contributed by atoms with E-state index in [4.69, 9.17) is 14.2 Å². The van der Waals surface area contributed by atoms with Crippen molar-refractivity contribution in [1.82, 2.24) is 28.6 Å². The summed E-state index contributed by atoms with van der Waals surface area (Å²) in [6.45, 7) is 9.84. The van der Waals surface area contributed by atoms with Gasteiger partial charge in [-0.05, 0) is 75.8 Å². The van der Waals surface area contributed by atoms with Crippen LogP contribution < -0.4 is 9.47 Å². The van der Waals surface area contributed by atoms with E-state index in [1.807, 2.05) is 60.7 Å². The van der Waals surface area contributed by atoms with Crippen molar-refractivity contribution in [2.75, 3.05) is 39.4 Å². The molecule has 0 unspecified atom stereocenters. The third kappa shape index (κ3) is 11.7. The average molecular weight is 875 g/mol. The zero-order valence-corrected chi connectivity index (χ0v) is 36.5. The van der Waals surface area contributed by atoms with Crippen LogP contribution in [0.3, 0.4) is 0 Å². The van der Waals surface area contributed by atoms with Crippen LogP contribution in [-0.2, 0) is 42.4 Å². The summed E-state index contributed by atoms with van der Waals surface area (Å²) in [6, 6.07) is 24.5. The fourth-order valence-corrected chi connectivity index (χ4v) is 10.1. The van der Waals surface area contributed by atoms with Crippen LogP contribution in [0.25, 0.3) is 0 Å². The number of benzene rings is 2. The van der Waals surface area contributed by atoms with Gasteiger partial charge in [-0.1, -0.05) is 67.2 Å². The fraction of sp³-hybridized carbons (Fsp3) is 0.409. The van der Waals surface area contributed by atoms with Crippen molar-refractivity contribution in [2.45, 2.75) is 86.8 Å². The highest BCUT2D eigenvalue weighted by Crippen LogP contribution is 2.31. The molecule has 2 aliphatic heterocycles. The number of amides is 2. The second-order valence-electron chi connectivity index (χ2n) is 15.8. The molecule has 0 radical (unpaired) electrons. The van der Waals surface area contributed by atoms with Gasteiger partial charge in [0.2, 0.25) is 31.8 Å². The van der Waals surface area contributed by atoms with Crippen LogP contribution >= 0.6 is 0 Å². The Balaban J connectivity index is 1.09. The molecule has 17 heteroatoms. The van der Waals surface area contributed by atoms with E-state index >= 15 is 0 Å². The summed E-state index contributed by atoms with van der Waals surface area (Å²) in [6.07, 6.45) is 5.04. The lowest BCUT2D eigenvalue weighted by atomic mass is 10.0. The van der Waals surface area contributed by atoms with Crippen LogP contribution in [-0.4, -0.2) is 115 Å². The van der Waals surface area contributed by atoms with Gasteiger partial charge in [0, 0.05) is 51.2 Å². The van der Waals surface area contributed by atoms with Crippen LogP contribution in [0.15, 0.2) is 120 Å². The first-order valence-electron chi connectivity index (χ1n) is 20.4. The highest BCUT2D eigenvalue weighted by Gasteiger charge is 2.43. The van der Waals surface area contributed by atoms with Crippen molar-refractivity contribution in [3.63, 3.8) is 0 Å². The molecule has 6 rings (SSSR count). The number of carbonyl (C=O) groups is 2. The SMILES string of the molecule is C=CC(=O)N(C1CCN(S(=O)(=O)c2ccc(OCCc3ccccc3)nc2)CC1)N(C(=O)OC(C)(C)C)C1CCN(S(=O)(=O)c2ccc(OCCc3ccccc3)nc2)CC1. The van der Waals surface area contributed by atoms with Crippen molar-refractivity contribution in [3.8, 4) is 11.8 Å². The molecule has 0 bridgehead atoms. The summed E-state index contributed by atoms with van der Waals surface area (Å²) in [4.78, 5) is 36.2. The smallest absolute Gasteiger partial charge is 0.429 e. The minimum absolute atomic E-state index is 0.00873. The number of ether oxygens (including phenoxy) is 3. The Bertz CT molecular complexity index is 2290. The topological polar surface area (TPSA) is 169 Å². The van der Waals surface area contributed by atoms with E-state index in [9.17, 15) is 26.4 Å². The Kier molecular flexibility index (Phi) is 14.8. The van der Waals surface area contributed by atoms with Gasteiger partial charge < -0.3 is 14.2 Å². The first-order valence-corrected chi connectivity index (χ1v) is 23.3. The molecule has 0 atom stereocenters. The molecule has 4 aromatic rings. The lowest BCUT2D eigenvalue weighted by Gasteiger charge is -2.47. The van der Waals surface area contributed by atoms with Crippen molar-refractivity contribution < 1.29 is 40.6 Å². The molecule has 2 aromatic heterocycles. The minimum atomic E-state index is -3.95. The van der Waals surface area contributed by atoms with E-state index < -0.39 is 49.7 Å². The number of aromatic nitrogens is 2. The Morgan fingerprint density at radius 3 is 1.44 bits per heavy atom. The van der Waals surface area contributed by atoms with Gasteiger partial charge >= 0.3 is 6.09 Å². The zero-order chi connectivity index (χ0) is 43.6. The lowest BCUT2D eigenvalue weighted by Crippen LogP contribution is -2.62. The number of sulfonamides is 2. The molecule has 61 heavy (non-hydrogen) atoms. The molecular weight excluding hydrogens is 821 g/mol. The van der Waals surface area contributed by atoms with E-state index in [0.29, 0.717) is 37.8 Å². The summed E-state index contributed by atoms with van der Waals surface area (Å²) in [7, 11) is -7.90. The highest BCUT2D eigenvalue weighted by molar-refractivity contribution is 7.89. The molecule has 0 aliphatic carbocycles. The first kappa shape index (κ1) is 45.2. The van der Waals surface area contributed by atoms with Crippen LogP contribution in [0.5, 0.6) is 11.8 Å². The van der Waals surface area contributed by atoms with Crippen LogP contribution in [0, 0.1) is 0 Å². The number of rotatable bonds is 15. The molecule has 2 aromatic carbocycles. The first-order chi connectivity index (χ1) is 29.2. The standard InChI is InChI=1S/C44H54N6O9S2/c1-5-42(51)49(36-20-26-47(27-21-36)60(53,54)38-16-18-40(45-32-38)57-30-24-34-12-8-6-9-13-34)50(43(52)59-44(2,3)4)37-22-28-48(29-23-37)61(55,56)39-17-19-41(46-33-39)58-31-25-35-14-10-7-11-15-35/h5-19,32-33,36-37H,1,20-31H2,2-4H3. The number of hydrogen-bond acceptors (Lipinski definition) is 11. The van der Waals surface area contributed by atoms with E-state index in [2.05, 4.69) is 16.5 Å². The van der Waals surface area contributed by atoms with Gasteiger partial charge in [0.25, 0.3) is 5.91 Å². The Hall–Kier alpha value is -5.36. The molecule has 326 valence electrons. The molecule has 2 fully saturated rings.